The lowest BCUT2D eigenvalue weighted by Gasteiger charge is -2.26. The summed E-state index contributed by atoms with van der Waals surface area (Å²) in [6, 6.07) is 4.66. The maximum Gasteiger partial charge on any atom is 0.142 e. The summed E-state index contributed by atoms with van der Waals surface area (Å²) in [5.74, 6) is 5.49. The van der Waals surface area contributed by atoms with Crippen molar-refractivity contribution in [3.05, 3.63) is 29.6 Å². The minimum absolute atomic E-state index is 0.0165. The molecule has 1 aromatic rings. The zero-order valence-electron chi connectivity index (χ0n) is 12.0. The molecule has 1 heterocycles. The first-order valence-corrected chi connectivity index (χ1v) is 7.12. The number of rotatable bonds is 5. The summed E-state index contributed by atoms with van der Waals surface area (Å²) in [5, 5.41) is 8.63. The predicted octanol–water partition coefficient (Wildman–Crippen LogP) is 1.27. The Labute approximate surface area is 124 Å². The van der Waals surface area contributed by atoms with Crippen molar-refractivity contribution in [3.8, 4) is 17.6 Å². The molecule has 0 unspecified atom stereocenters. The Kier molecular flexibility index (Phi) is 6.48. The molecule has 0 saturated carbocycles. The number of halogens is 1. The third-order valence-electron chi connectivity index (χ3n) is 3.18. The molecule has 0 aromatic heterocycles. The van der Waals surface area contributed by atoms with Crippen molar-refractivity contribution in [1.82, 2.24) is 4.90 Å². The smallest absolute Gasteiger partial charge is 0.142 e. The Morgan fingerprint density at radius 2 is 2.14 bits per heavy atom. The first kappa shape index (κ1) is 15.8. The van der Waals surface area contributed by atoms with E-state index in [4.69, 9.17) is 14.6 Å². The predicted molar refractivity (Wildman–Crippen MR) is 77.7 cm³/mol. The van der Waals surface area contributed by atoms with Gasteiger partial charge in [-0.1, -0.05) is 11.8 Å². The Morgan fingerprint density at radius 3 is 2.86 bits per heavy atom. The van der Waals surface area contributed by atoms with Gasteiger partial charge in [0.05, 0.1) is 25.4 Å². The van der Waals surface area contributed by atoms with E-state index in [1.165, 1.54) is 6.07 Å². The Hall–Kier alpha value is -1.61. The number of aliphatic hydroxyl groups is 1. The van der Waals surface area contributed by atoms with Gasteiger partial charge in [-0.05, 0) is 12.1 Å². The van der Waals surface area contributed by atoms with Gasteiger partial charge in [-0.3, -0.25) is 4.90 Å². The molecule has 1 saturated heterocycles. The summed E-state index contributed by atoms with van der Waals surface area (Å²) < 4.78 is 24.6. The first-order valence-electron chi connectivity index (χ1n) is 7.12. The van der Waals surface area contributed by atoms with Crippen LogP contribution in [-0.4, -0.2) is 56.1 Å². The molecule has 4 nitrogen and oxygen atoms in total. The highest BCUT2D eigenvalue weighted by molar-refractivity contribution is 5.39. The third kappa shape index (κ3) is 5.35. The molecule has 0 amide bonds. The van der Waals surface area contributed by atoms with Crippen LogP contribution >= 0.6 is 0 Å². The van der Waals surface area contributed by atoms with E-state index in [1.807, 2.05) is 0 Å². The molecule has 0 bridgehead atoms. The number of ether oxygens (including phenoxy) is 2. The Morgan fingerprint density at radius 1 is 1.33 bits per heavy atom. The lowest BCUT2D eigenvalue weighted by atomic mass is 10.2. The van der Waals surface area contributed by atoms with Crippen LogP contribution in [0.3, 0.4) is 0 Å². The van der Waals surface area contributed by atoms with Crippen molar-refractivity contribution in [2.24, 2.45) is 0 Å². The maximum atomic E-state index is 13.8. The lowest BCUT2D eigenvalue weighted by Crippen LogP contribution is -2.38. The van der Waals surface area contributed by atoms with Gasteiger partial charge in [-0.25, -0.2) is 4.39 Å². The number of morpholine rings is 1. The largest absolute Gasteiger partial charge is 0.492 e. The first-order chi connectivity index (χ1) is 10.3. The van der Waals surface area contributed by atoms with Crippen LogP contribution in [0.4, 0.5) is 4.39 Å². The van der Waals surface area contributed by atoms with Crippen molar-refractivity contribution in [1.29, 1.82) is 0 Å². The van der Waals surface area contributed by atoms with E-state index < -0.39 is 5.82 Å². The third-order valence-corrected chi connectivity index (χ3v) is 3.18. The molecule has 1 aromatic carbocycles. The number of hydrogen-bond donors (Lipinski definition) is 1. The summed E-state index contributed by atoms with van der Waals surface area (Å²) in [6.07, 6.45) is 0.344. The number of aliphatic hydroxyl groups excluding tert-OH is 1. The van der Waals surface area contributed by atoms with Gasteiger partial charge in [0.25, 0.3) is 0 Å². The molecule has 5 heteroatoms. The SMILES string of the molecule is OCCC#Cc1ccc(OCCN2CCOCC2)cc1F. The minimum Gasteiger partial charge on any atom is -0.492 e. The summed E-state index contributed by atoms with van der Waals surface area (Å²) in [7, 11) is 0. The quantitative estimate of drug-likeness (QED) is 0.830. The van der Waals surface area contributed by atoms with Gasteiger partial charge in [0, 0.05) is 32.1 Å². The molecular formula is C16H20FNO3. The summed E-state index contributed by atoms with van der Waals surface area (Å²) in [6.45, 7) is 4.66. The average molecular weight is 293 g/mol. The minimum atomic E-state index is -0.399. The van der Waals surface area contributed by atoms with E-state index in [9.17, 15) is 4.39 Å². The molecule has 1 N–H and O–H groups in total. The zero-order chi connectivity index (χ0) is 14.9. The van der Waals surface area contributed by atoms with Crippen molar-refractivity contribution in [2.45, 2.75) is 6.42 Å². The fourth-order valence-electron chi connectivity index (χ4n) is 2.02. The second-order valence-corrected chi connectivity index (χ2v) is 4.72. The molecule has 114 valence electrons. The second kappa shape index (κ2) is 8.63. The van der Waals surface area contributed by atoms with Gasteiger partial charge in [-0.2, -0.15) is 0 Å². The second-order valence-electron chi connectivity index (χ2n) is 4.72. The molecule has 1 aliphatic rings. The van der Waals surface area contributed by atoms with Crippen molar-refractivity contribution >= 4 is 0 Å². The van der Waals surface area contributed by atoms with E-state index in [-0.39, 0.29) is 6.61 Å². The highest BCUT2D eigenvalue weighted by Crippen LogP contribution is 2.16. The van der Waals surface area contributed by atoms with Gasteiger partial charge in [0.15, 0.2) is 0 Å². The molecule has 1 aliphatic heterocycles. The Balaban J connectivity index is 1.81. The highest BCUT2D eigenvalue weighted by Gasteiger charge is 2.10. The van der Waals surface area contributed by atoms with Crippen LogP contribution in [0, 0.1) is 17.7 Å². The van der Waals surface area contributed by atoms with Crippen molar-refractivity contribution in [3.63, 3.8) is 0 Å². The molecular weight excluding hydrogens is 273 g/mol. The standard InChI is InChI=1S/C16H20FNO3/c17-16-13-15(5-4-14(16)3-1-2-9-19)21-12-8-18-6-10-20-11-7-18/h4-5,13,19H,2,6-12H2. The topological polar surface area (TPSA) is 41.9 Å². The van der Waals surface area contributed by atoms with E-state index in [0.717, 1.165) is 32.8 Å². The normalized spacial score (nSPS) is 15.3. The van der Waals surface area contributed by atoms with Crippen LogP contribution in [-0.2, 0) is 4.74 Å². The fraction of sp³-hybridized carbons (Fsp3) is 0.500. The van der Waals surface area contributed by atoms with Gasteiger partial charge >= 0.3 is 0 Å². The van der Waals surface area contributed by atoms with Crippen LogP contribution in [0.15, 0.2) is 18.2 Å². The number of benzene rings is 1. The van der Waals surface area contributed by atoms with Gasteiger partial charge in [0.1, 0.15) is 18.2 Å². The van der Waals surface area contributed by atoms with Crippen LogP contribution in [0.1, 0.15) is 12.0 Å². The molecule has 0 atom stereocenters. The van der Waals surface area contributed by atoms with Gasteiger partial charge in [0.2, 0.25) is 0 Å². The molecule has 0 spiro atoms. The lowest BCUT2D eigenvalue weighted by molar-refractivity contribution is 0.0322. The van der Waals surface area contributed by atoms with Crippen LogP contribution in [0.2, 0.25) is 0 Å². The van der Waals surface area contributed by atoms with Gasteiger partial charge in [-0.15, -0.1) is 0 Å². The average Bonchev–Trinajstić information content (AvgIpc) is 2.51. The van der Waals surface area contributed by atoms with E-state index >= 15 is 0 Å². The van der Waals surface area contributed by atoms with Crippen molar-refractivity contribution in [2.75, 3.05) is 46.1 Å². The number of nitrogens with zero attached hydrogens (tertiary/aromatic N) is 1. The Bertz CT molecular complexity index is 504. The molecule has 0 radical (unpaired) electrons. The van der Waals surface area contributed by atoms with Crippen molar-refractivity contribution < 1.29 is 19.0 Å². The summed E-state index contributed by atoms with van der Waals surface area (Å²) in [4.78, 5) is 2.26. The summed E-state index contributed by atoms with van der Waals surface area (Å²) >= 11 is 0. The van der Waals surface area contributed by atoms with E-state index in [1.54, 1.807) is 12.1 Å². The summed E-state index contributed by atoms with van der Waals surface area (Å²) in [5.41, 5.74) is 0.323. The van der Waals surface area contributed by atoms with Crippen LogP contribution < -0.4 is 4.74 Å². The van der Waals surface area contributed by atoms with E-state index in [2.05, 4.69) is 16.7 Å². The van der Waals surface area contributed by atoms with Gasteiger partial charge < -0.3 is 14.6 Å². The molecule has 0 aliphatic carbocycles. The van der Waals surface area contributed by atoms with Crippen LogP contribution in [0.25, 0.3) is 0 Å². The van der Waals surface area contributed by atoms with Crippen LogP contribution in [0.5, 0.6) is 5.75 Å². The zero-order valence-corrected chi connectivity index (χ0v) is 12.0. The molecule has 2 rings (SSSR count). The fourth-order valence-corrected chi connectivity index (χ4v) is 2.02. The maximum absolute atomic E-state index is 13.8. The number of hydrogen-bond acceptors (Lipinski definition) is 4. The highest BCUT2D eigenvalue weighted by atomic mass is 19.1. The van der Waals surface area contributed by atoms with E-state index in [0.29, 0.717) is 24.3 Å². The monoisotopic (exact) mass is 293 g/mol. The molecule has 21 heavy (non-hydrogen) atoms. The molecule has 1 fully saturated rings.